The predicted octanol–water partition coefficient (Wildman–Crippen LogP) is 3.10. The van der Waals surface area contributed by atoms with Crippen LogP contribution in [0.15, 0.2) is 0 Å². The molecule has 0 bridgehead atoms. The van der Waals surface area contributed by atoms with E-state index in [-0.39, 0.29) is 17.7 Å². The van der Waals surface area contributed by atoms with Crippen LogP contribution in [-0.4, -0.2) is 51.6 Å². The average Bonchev–Trinajstić information content (AvgIpc) is 2.35. The lowest BCUT2D eigenvalue weighted by Gasteiger charge is -2.43. The van der Waals surface area contributed by atoms with Crippen LogP contribution in [0.5, 0.6) is 0 Å². The highest BCUT2D eigenvalue weighted by atomic mass is 35.6. The predicted molar refractivity (Wildman–Crippen MR) is 86.6 cm³/mol. The lowest BCUT2D eigenvalue weighted by Crippen LogP contribution is -2.63. The van der Waals surface area contributed by atoms with E-state index in [0.29, 0.717) is 18.8 Å². The monoisotopic (exact) mass is 356 g/mol. The lowest BCUT2D eigenvalue weighted by atomic mass is 9.93. The van der Waals surface area contributed by atoms with Gasteiger partial charge in [0, 0.05) is 20.0 Å². The molecule has 0 spiro atoms. The maximum Gasteiger partial charge on any atom is 0.245 e. The molecular formula is C14H23Cl3N2O2. The molecule has 2 amide bonds. The third kappa shape index (κ3) is 4.40. The number of piperazine rings is 1. The summed E-state index contributed by atoms with van der Waals surface area (Å²) in [4.78, 5) is 28.1. The summed E-state index contributed by atoms with van der Waals surface area (Å²) in [6.45, 7) is 5.82. The van der Waals surface area contributed by atoms with Crippen molar-refractivity contribution in [3.05, 3.63) is 0 Å². The van der Waals surface area contributed by atoms with Gasteiger partial charge in [-0.05, 0) is 18.8 Å². The molecule has 0 aromatic rings. The van der Waals surface area contributed by atoms with Crippen molar-refractivity contribution in [1.82, 2.24) is 9.80 Å². The van der Waals surface area contributed by atoms with E-state index in [0.717, 1.165) is 0 Å². The Bertz CT molecular complexity index is 410. The Balaban J connectivity index is 2.91. The average molecular weight is 358 g/mol. The summed E-state index contributed by atoms with van der Waals surface area (Å²) in [6.07, 6.45) is 0.981. The van der Waals surface area contributed by atoms with E-state index >= 15 is 0 Å². The minimum Gasteiger partial charge on any atom is -0.332 e. The molecule has 3 atom stereocenters. The molecule has 0 aliphatic carbocycles. The molecule has 1 rings (SSSR count). The topological polar surface area (TPSA) is 40.6 Å². The Hall–Kier alpha value is -0.190. The van der Waals surface area contributed by atoms with Gasteiger partial charge in [-0.1, -0.05) is 55.6 Å². The van der Waals surface area contributed by atoms with E-state index in [2.05, 4.69) is 0 Å². The fourth-order valence-corrected chi connectivity index (χ4v) is 2.81. The third-order valence-electron chi connectivity index (χ3n) is 4.03. The standard InChI is InChI=1S/C14H23Cl3N2O2/c1-8(2)6-10-12(20)19(5)11(13(21)18(10)4)7-9(3)14(15,16)17/h8-11H,6-7H2,1-5H3/t9-,10-,11-/m0/s1. The number of likely N-dealkylation sites (N-methyl/N-ethyl adjacent to an activating group) is 2. The Morgan fingerprint density at radius 1 is 0.952 bits per heavy atom. The SMILES string of the molecule is CC(C)C[C@H]1C(=O)N(C)[C@@H](C[C@H](C)C(Cl)(Cl)Cl)C(=O)N1C. The molecule has 0 aromatic carbocycles. The van der Waals surface area contributed by atoms with Crippen LogP contribution in [0, 0.1) is 11.8 Å². The van der Waals surface area contributed by atoms with Gasteiger partial charge >= 0.3 is 0 Å². The highest BCUT2D eigenvalue weighted by Gasteiger charge is 2.44. The number of amides is 2. The smallest absolute Gasteiger partial charge is 0.245 e. The molecular weight excluding hydrogens is 335 g/mol. The molecule has 122 valence electrons. The quantitative estimate of drug-likeness (QED) is 0.725. The zero-order chi connectivity index (χ0) is 16.5. The highest BCUT2D eigenvalue weighted by Crippen LogP contribution is 2.38. The van der Waals surface area contributed by atoms with Gasteiger partial charge < -0.3 is 9.80 Å². The van der Waals surface area contributed by atoms with Crippen LogP contribution in [0.2, 0.25) is 0 Å². The molecule has 0 unspecified atom stereocenters. The van der Waals surface area contributed by atoms with E-state index in [1.165, 1.54) is 9.80 Å². The number of halogens is 3. The van der Waals surface area contributed by atoms with Gasteiger partial charge in [0.15, 0.2) is 3.79 Å². The van der Waals surface area contributed by atoms with Crippen molar-refractivity contribution < 1.29 is 9.59 Å². The first-order valence-electron chi connectivity index (χ1n) is 7.06. The molecule has 4 nitrogen and oxygen atoms in total. The van der Waals surface area contributed by atoms with Gasteiger partial charge in [-0.2, -0.15) is 0 Å². The molecule has 7 heteroatoms. The fourth-order valence-electron chi connectivity index (χ4n) is 2.54. The largest absolute Gasteiger partial charge is 0.332 e. The minimum absolute atomic E-state index is 0.0488. The van der Waals surface area contributed by atoms with Crippen molar-refractivity contribution in [3.63, 3.8) is 0 Å². The van der Waals surface area contributed by atoms with Crippen molar-refractivity contribution in [2.75, 3.05) is 14.1 Å². The molecule has 1 saturated heterocycles. The van der Waals surface area contributed by atoms with Crippen LogP contribution in [0.3, 0.4) is 0 Å². The van der Waals surface area contributed by atoms with Crippen molar-refractivity contribution in [3.8, 4) is 0 Å². The Morgan fingerprint density at radius 2 is 1.33 bits per heavy atom. The number of alkyl halides is 3. The van der Waals surface area contributed by atoms with Gasteiger partial charge in [0.2, 0.25) is 11.8 Å². The fraction of sp³-hybridized carbons (Fsp3) is 0.857. The van der Waals surface area contributed by atoms with Gasteiger partial charge in [-0.15, -0.1) is 0 Å². The first-order chi connectivity index (χ1) is 9.46. The second kappa shape index (κ2) is 6.93. The Kier molecular flexibility index (Phi) is 6.22. The summed E-state index contributed by atoms with van der Waals surface area (Å²) in [7, 11) is 3.32. The van der Waals surface area contributed by atoms with Crippen LogP contribution < -0.4 is 0 Å². The van der Waals surface area contributed by atoms with Gasteiger partial charge in [0.1, 0.15) is 12.1 Å². The zero-order valence-corrected chi connectivity index (χ0v) is 15.3. The summed E-state index contributed by atoms with van der Waals surface area (Å²) in [5.74, 6) is -0.142. The van der Waals surface area contributed by atoms with Gasteiger partial charge in [0.25, 0.3) is 0 Å². The van der Waals surface area contributed by atoms with E-state index in [1.54, 1.807) is 21.0 Å². The molecule has 1 fully saturated rings. The summed E-state index contributed by atoms with van der Waals surface area (Å²) in [5.41, 5.74) is 0. The molecule has 0 saturated carbocycles. The van der Waals surface area contributed by atoms with E-state index in [9.17, 15) is 9.59 Å². The molecule has 1 heterocycles. The minimum atomic E-state index is -1.45. The van der Waals surface area contributed by atoms with Gasteiger partial charge in [0.05, 0.1) is 0 Å². The summed E-state index contributed by atoms with van der Waals surface area (Å²) in [5, 5.41) is 0. The maximum atomic E-state index is 12.5. The number of rotatable bonds is 4. The highest BCUT2D eigenvalue weighted by molar-refractivity contribution is 6.67. The van der Waals surface area contributed by atoms with Crippen LogP contribution >= 0.6 is 34.8 Å². The normalized spacial score (nSPS) is 25.8. The summed E-state index contributed by atoms with van der Waals surface area (Å²) in [6, 6.07) is -0.974. The number of hydrogen-bond acceptors (Lipinski definition) is 2. The van der Waals surface area contributed by atoms with E-state index in [1.807, 2.05) is 13.8 Å². The number of nitrogens with zero attached hydrogens (tertiary/aromatic N) is 2. The van der Waals surface area contributed by atoms with Crippen molar-refractivity contribution >= 4 is 46.6 Å². The molecule has 0 N–H and O–H groups in total. The molecule has 1 aliphatic heterocycles. The van der Waals surface area contributed by atoms with Crippen LogP contribution in [0.1, 0.15) is 33.6 Å². The maximum absolute atomic E-state index is 12.5. The molecule has 0 aromatic heterocycles. The lowest BCUT2D eigenvalue weighted by molar-refractivity contribution is -0.159. The number of carbonyl (C=O) groups excluding carboxylic acids is 2. The second-order valence-electron chi connectivity index (χ2n) is 6.24. The third-order valence-corrected chi connectivity index (χ3v) is 5.15. The zero-order valence-electron chi connectivity index (χ0n) is 13.1. The first kappa shape index (κ1) is 18.9. The van der Waals surface area contributed by atoms with Crippen molar-refractivity contribution in [2.45, 2.75) is 49.5 Å². The summed E-state index contributed by atoms with van der Waals surface area (Å²) >= 11 is 17.6. The van der Waals surface area contributed by atoms with Crippen molar-refractivity contribution in [1.29, 1.82) is 0 Å². The van der Waals surface area contributed by atoms with Crippen LogP contribution in [0.25, 0.3) is 0 Å². The second-order valence-corrected chi connectivity index (χ2v) is 8.61. The molecule has 21 heavy (non-hydrogen) atoms. The van der Waals surface area contributed by atoms with E-state index < -0.39 is 15.9 Å². The summed E-state index contributed by atoms with van der Waals surface area (Å²) < 4.78 is -1.45. The van der Waals surface area contributed by atoms with Crippen molar-refractivity contribution in [2.24, 2.45) is 11.8 Å². The van der Waals surface area contributed by atoms with E-state index in [4.69, 9.17) is 34.8 Å². The Morgan fingerprint density at radius 3 is 1.67 bits per heavy atom. The van der Waals surface area contributed by atoms with Gasteiger partial charge in [-0.25, -0.2) is 0 Å². The Labute approximate surface area is 141 Å². The molecule has 1 aliphatic rings. The van der Waals surface area contributed by atoms with Crippen LogP contribution in [0.4, 0.5) is 0 Å². The molecule has 0 radical (unpaired) electrons. The first-order valence-corrected chi connectivity index (χ1v) is 8.20. The van der Waals surface area contributed by atoms with Crippen LogP contribution in [-0.2, 0) is 9.59 Å². The van der Waals surface area contributed by atoms with Gasteiger partial charge in [-0.3, -0.25) is 9.59 Å². The number of hydrogen-bond donors (Lipinski definition) is 0. The number of carbonyl (C=O) groups is 2.